The number of thioether (sulfide) groups is 1. The number of hydrogen-bond donors (Lipinski definition) is 0. The molecule has 8 heteroatoms. The third-order valence-electron chi connectivity index (χ3n) is 4.99. The van der Waals surface area contributed by atoms with E-state index in [0.29, 0.717) is 23.9 Å². The Morgan fingerprint density at radius 2 is 1.90 bits per heavy atom. The van der Waals surface area contributed by atoms with Crippen molar-refractivity contribution in [1.29, 1.82) is 0 Å². The van der Waals surface area contributed by atoms with E-state index in [0.717, 1.165) is 39.1 Å². The quantitative estimate of drug-likeness (QED) is 0.530. The van der Waals surface area contributed by atoms with Crippen LogP contribution in [-0.2, 0) is 4.79 Å². The van der Waals surface area contributed by atoms with Gasteiger partial charge in [-0.25, -0.2) is 4.98 Å². The number of piperazine rings is 1. The monoisotopic (exact) mass is 447 g/mol. The summed E-state index contributed by atoms with van der Waals surface area (Å²) in [6.45, 7) is 5.11. The number of amides is 1. The van der Waals surface area contributed by atoms with Crippen LogP contribution >= 0.6 is 34.7 Å². The van der Waals surface area contributed by atoms with Crippen LogP contribution in [0.15, 0.2) is 41.3 Å². The molecule has 152 valence electrons. The van der Waals surface area contributed by atoms with Gasteiger partial charge in [0.05, 0.1) is 17.6 Å². The van der Waals surface area contributed by atoms with Crippen LogP contribution in [0.5, 0.6) is 5.75 Å². The van der Waals surface area contributed by atoms with Crippen molar-refractivity contribution in [2.45, 2.75) is 11.8 Å². The molecule has 1 fully saturated rings. The average Bonchev–Trinajstić information content (AvgIpc) is 3.20. The lowest BCUT2D eigenvalue weighted by atomic mass is 10.2. The van der Waals surface area contributed by atoms with Gasteiger partial charge in [0.25, 0.3) is 0 Å². The Labute approximate surface area is 183 Å². The lowest BCUT2D eigenvalue weighted by Crippen LogP contribution is -2.49. The van der Waals surface area contributed by atoms with E-state index >= 15 is 0 Å². The summed E-state index contributed by atoms with van der Waals surface area (Å²) in [5.41, 5.74) is 2.13. The van der Waals surface area contributed by atoms with Crippen LogP contribution < -0.4 is 9.64 Å². The van der Waals surface area contributed by atoms with Crippen molar-refractivity contribution in [2.75, 3.05) is 43.9 Å². The highest BCUT2D eigenvalue weighted by Crippen LogP contribution is 2.36. The number of hydrogen-bond acceptors (Lipinski definition) is 6. The Balaban J connectivity index is 1.36. The van der Waals surface area contributed by atoms with E-state index in [1.807, 2.05) is 35.2 Å². The Bertz CT molecular complexity index is 1010. The van der Waals surface area contributed by atoms with E-state index < -0.39 is 0 Å². The van der Waals surface area contributed by atoms with Gasteiger partial charge in [-0.15, -0.1) is 11.8 Å². The topological polar surface area (TPSA) is 45.7 Å². The molecule has 0 atom stereocenters. The number of carbonyl (C=O) groups is 1. The highest BCUT2D eigenvalue weighted by atomic mass is 35.5. The predicted molar refractivity (Wildman–Crippen MR) is 122 cm³/mol. The molecule has 1 aliphatic rings. The number of anilines is 1. The maximum absolute atomic E-state index is 12.6. The summed E-state index contributed by atoms with van der Waals surface area (Å²) in [6, 6.07) is 11.6. The number of nitrogens with zero attached hydrogens (tertiary/aromatic N) is 3. The maximum Gasteiger partial charge on any atom is 0.233 e. The number of carbonyl (C=O) groups excluding carboxylic acids is 1. The van der Waals surface area contributed by atoms with Gasteiger partial charge in [-0.3, -0.25) is 4.79 Å². The summed E-state index contributed by atoms with van der Waals surface area (Å²) < 4.78 is 6.63. The second kappa shape index (κ2) is 8.81. The molecular weight excluding hydrogens is 426 g/mol. The second-order valence-electron chi connectivity index (χ2n) is 6.87. The number of rotatable bonds is 5. The first-order valence-electron chi connectivity index (χ1n) is 9.40. The van der Waals surface area contributed by atoms with Crippen molar-refractivity contribution in [3.63, 3.8) is 0 Å². The molecule has 1 aliphatic heterocycles. The van der Waals surface area contributed by atoms with E-state index in [9.17, 15) is 4.79 Å². The third-order valence-corrected chi connectivity index (χ3v) is 7.49. The number of thiazole rings is 1. The van der Waals surface area contributed by atoms with Gasteiger partial charge in [-0.05, 0) is 42.8 Å². The van der Waals surface area contributed by atoms with Crippen molar-refractivity contribution in [3.05, 3.63) is 47.0 Å². The first-order chi connectivity index (χ1) is 14.0. The molecule has 4 rings (SSSR count). The summed E-state index contributed by atoms with van der Waals surface area (Å²) in [7, 11) is 1.68. The number of halogens is 1. The molecule has 2 aromatic carbocycles. The van der Waals surface area contributed by atoms with Gasteiger partial charge >= 0.3 is 0 Å². The number of fused-ring (bicyclic) bond motifs is 1. The van der Waals surface area contributed by atoms with Crippen molar-refractivity contribution in [1.82, 2.24) is 9.88 Å². The minimum atomic E-state index is 0.173. The fraction of sp³-hybridized carbons (Fsp3) is 0.333. The Hall–Kier alpha value is -1.96. The molecule has 0 N–H and O–H groups in total. The van der Waals surface area contributed by atoms with Gasteiger partial charge in [0.15, 0.2) is 5.13 Å². The molecule has 2 heterocycles. The number of aromatic nitrogens is 1. The predicted octanol–water partition coefficient (Wildman–Crippen LogP) is 4.71. The molecule has 0 saturated carbocycles. The number of benzene rings is 2. The fourth-order valence-corrected chi connectivity index (χ4v) is 5.34. The van der Waals surface area contributed by atoms with E-state index in [-0.39, 0.29) is 5.91 Å². The van der Waals surface area contributed by atoms with E-state index in [1.54, 1.807) is 30.2 Å². The molecule has 3 aromatic rings. The molecule has 0 unspecified atom stereocenters. The van der Waals surface area contributed by atoms with Crippen molar-refractivity contribution in [3.8, 4) is 5.75 Å². The summed E-state index contributed by atoms with van der Waals surface area (Å²) in [5.74, 6) is 1.42. The molecule has 0 bridgehead atoms. The minimum absolute atomic E-state index is 0.173. The van der Waals surface area contributed by atoms with E-state index in [1.165, 1.54) is 5.56 Å². The van der Waals surface area contributed by atoms with Gasteiger partial charge in [0.1, 0.15) is 11.3 Å². The molecule has 0 radical (unpaired) electrons. The SMILES string of the molecule is COc1ccc(C)c2sc(N3CCN(C(=O)CSc4ccc(Cl)cc4)CC3)nc12. The summed E-state index contributed by atoms with van der Waals surface area (Å²) in [5, 5.41) is 1.70. The van der Waals surface area contributed by atoms with Gasteiger partial charge in [-0.2, -0.15) is 0 Å². The maximum atomic E-state index is 12.6. The van der Waals surface area contributed by atoms with Crippen LogP contribution in [0, 0.1) is 6.92 Å². The Morgan fingerprint density at radius 3 is 2.59 bits per heavy atom. The number of ether oxygens (including phenoxy) is 1. The molecular formula is C21H22ClN3O2S2. The van der Waals surface area contributed by atoms with Crippen LogP contribution in [-0.4, -0.2) is 54.8 Å². The molecule has 29 heavy (non-hydrogen) atoms. The Morgan fingerprint density at radius 1 is 1.17 bits per heavy atom. The summed E-state index contributed by atoms with van der Waals surface area (Å²) in [6.07, 6.45) is 0. The Kier molecular flexibility index (Phi) is 6.18. The van der Waals surface area contributed by atoms with E-state index in [4.69, 9.17) is 21.3 Å². The second-order valence-corrected chi connectivity index (χ2v) is 9.33. The summed E-state index contributed by atoms with van der Waals surface area (Å²) >= 11 is 9.16. The normalized spacial score (nSPS) is 14.4. The molecule has 1 saturated heterocycles. The zero-order chi connectivity index (χ0) is 20.4. The first kappa shape index (κ1) is 20.3. The van der Waals surface area contributed by atoms with E-state index in [2.05, 4.69) is 17.9 Å². The van der Waals surface area contributed by atoms with Crippen LogP contribution in [0.4, 0.5) is 5.13 Å². The van der Waals surface area contributed by atoms with Gasteiger partial charge < -0.3 is 14.5 Å². The lowest BCUT2D eigenvalue weighted by molar-refractivity contribution is -0.128. The summed E-state index contributed by atoms with van der Waals surface area (Å²) in [4.78, 5) is 22.7. The highest BCUT2D eigenvalue weighted by Gasteiger charge is 2.24. The number of methoxy groups -OCH3 is 1. The molecule has 1 amide bonds. The largest absolute Gasteiger partial charge is 0.494 e. The number of aryl methyl sites for hydroxylation is 1. The van der Waals surface area contributed by atoms with Crippen LogP contribution in [0.2, 0.25) is 5.02 Å². The standard InChI is InChI=1S/C21H22ClN3O2S2/c1-14-3-8-17(27-2)19-20(14)29-21(23-19)25-11-9-24(10-12-25)18(26)13-28-16-6-4-15(22)5-7-16/h3-8H,9-13H2,1-2H3. The fourth-order valence-electron chi connectivity index (χ4n) is 3.31. The molecule has 0 aliphatic carbocycles. The van der Waals surface area contributed by atoms with Crippen LogP contribution in [0.25, 0.3) is 10.2 Å². The van der Waals surface area contributed by atoms with Crippen molar-refractivity contribution >= 4 is 56.0 Å². The highest BCUT2D eigenvalue weighted by molar-refractivity contribution is 8.00. The lowest BCUT2D eigenvalue weighted by Gasteiger charge is -2.34. The molecule has 0 spiro atoms. The van der Waals surface area contributed by atoms with Crippen molar-refractivity contribution < 1.29 is 9.53 Å². The average molecular weight is 448 g/mol. The van der Waals surface area contributed by atoms with Gasteiger partial charge in [-0.1, -0.05) is 29.0 Å². The zero-order valence-electron chi connectivity index (χ0n) is 16.4. The smallest absolute Gasteiger partial charge is 0.233 e. The third kappa shape index (κ3) is 4.47. The first-order valence-corrected chi connectivity index (χ1v) is 11.6. The van der Waals surface area contributed by atoms with Crippen LogP contribution in [0.1, 0.15) is 5.56 Å². The molecule has 5 nitrogen and oxygen atoms in total. The molecule has 1 aromatic heterocycles. The van der Waals surface area contributed by atoms with Gasteiger partial charge in [0.2, 0.25) is 5.91 Å². The minimum Gasteiger partial charge on any atom is -0.494 e. The zero-order valence-corrected chi connectivity index (χ0v) is 18.7. The van der Waals surface area contributed by atoms with Gasteiger partial charge in [0, 0.05) is 36.1 Å². The van der Waals surface area contributed by atoms with Crippen molar-refractivity contribution in [2.24, 2.45) is 0 Å². The van der Waals surface area contributed by atoms with Crippen LogP contribution in [0.3, 0.4) is 0 Å².